The first kappa shape index (κ1) is 12.7. The van der Waals surface area contributed by atoms with Crippen LogP contribution in [-0.4, -0.2) is 16.3 Å². The summed E-state index contributed by atoms with van der Waals surface area (Å²) >= 11 is 6.37. The van der Waals surface area contributed by atoms with Gasteiger partial charge in [-0.05, 0) is 31.4 Å². The number of hydrogen-bond donors (Lipinski definition) is 1. The van der Waals surface area contributed by atoms with Crippen LogP contribution >= 0.6 is 11.6 Å². The molecule has 0 radical (unpaired) electrons. The van der Waals surface area contributed by atoms with Crippen molar-refractivity contribution in [1.82, 2.24) is 15.1 Å². The fraction of sp³-hybridized carbons (Fsp3) is 0.400. The van der Waals surface area contributed by atoms with E-state index in [1.807, 2.05) is 4.68 Å². The third-order valence-electron chi connectivity index (χ3n) is 3.66. The molecule has 1 unspecified atom stereocenters. The number of hydrogen-bond acceptors (Lipinski definition) is 2. The summed E-state index contributed by atoms with van der Waals surface area (Å²) in [5.74, 6) is 0. The summed E-state index contributed by atoms with van der Waals surface area (Å²) in [5, 5.41) is 8.72. The van der Waals surface area contributed by atoms with Gasteiger partial charge in [0.15, 0.2) is 0 Å². The average Bonchev–Trinajstić information content (AvgIpc) is 2.80. The smallest absolute Gasteiger partial charge is 0.0837 e. The van der Waals surface area contributed by atoms with Crippen molar-refractivity contribution in [2.75, 3.05) is 6.54 Å². The second-order valence-electron chi connectivity index (χ2n) is 5.25. The van der Waals surface area contributed by atoms with Gasteiger partial charge in [0, 0.05) is 12.6 Å². The van der Waals surface area contributed by atoms with Crippen LogP contribution in [0.3, 0.4) is 0 Å². The molecule has 1 atom stereocenters. The number of nitrogens with one attached hydrogen (secondary N) is 1. The predicted molar refractivity (Wildman–Crippen MR) is 77.6 cm³/mol. The van der Waals surface area contributed by atoms with Crippen LogP contribution in [0.25, 0.3) is 0 Å². The minimum atomic E-state index is 0.141. The van der Waals surface area contributed by atoms with Gasteiger partial charge in [-0.15, -0.1) is 0 Å². The van der Waals surface area contributed by atoms with E-state index in [1.54, 1.807) is 6.20 Å². The highest BCUT2D eigenvalue weighted by Crippen LogP contribution is 2.33. The lowest BCUT2D eigenvalue weighted by Gasteiger charge is -2.28. The van der Waals surface area contributed by atoms with Gasteiger partial charge in [0.1, 0.15) is 0 Å². The number of benzene rings is 1. The SMILES string of the molecule is CC(C)n1ncc(Cl)c1C1NCCc2ccccc21. The van der Waals surface area contributed by atoms with Gasteiger partial charge < -0.3 is 5.32 Å². The Morgan fingerprint density at radius 3 is 2.95 bits per heavy atom. The molecule has 1 aliphatic rings. The molecule has 0 saturated heterocycles. The monoisotopic (exact) mass is 275 g/mol. The number of aromatic nitrogens is 2. The molecule has 1 aromatic heterocycles. The lowest BCUT2D eigenvalue weighted by molar-refractivity contribution is 0.463. The van der Waals surface area contributed by atoms with E-state index < -0.39 is 0 Å². The molecule has 0 bridgehead atoms. The van der Waals surface area contributed by atoms with Crippen molar-refractivity contribution in [1.29, 1.82) is 0 Å². The zero-order valence-electron chi connectivity index (χ0n) is 11.2. The van der Waals surface area contributed by atoms with Crippen LogP contribution in [-0.2, 0) is 6.42 Å². The molecule has 4 heteroatoms. The van der Waals surface area contributed by atoms with E-state index >= 15 is 0 Å². The van der Waals surface area contributed by atoms with E-state index in [9.17, 15) is 0 Å². The lowest BCUT2D eigenvalue weighted by Crippen LogP contribution is -2.32. The van der Waals surface area contributed by atoms with Crippen molar-refractivity contribution < 1.29 is 0 Å². The van der Waals surface area contributed by atoms with E-state index in [1.165, 1.54) is 11.1 Å². The minimum Gasteiger partial charge on any atom is -0.305 e. The Balaban J connectivity index is 2.11. The van der Waals surface area contributed by atoms with Crippen LogP contribution < -0.4 is 5.32 Å². The molecular weight excluding hydrogens is 258 g/mol. The van der Waals surface area contributed by atoms with Crippen LogP contribution in [0, 0.1) is 0 Å². The molecule has 0 saturated carbocycles. The molecule has 3 nitrogen and oxygen atoms in total. The summed E-state index contributed by atoms with van der Waals surface area (Å²) < 4.78 is 2.02. The quantitative estimate of drug-likeness (QED) is 0.911. The zero-order valence-corrected chi connectivity index (χ0v) is 12.0. The highest BCUT2D eigenvalue weighted by atomic mass is 35.5. The summed E-state index contributed by atoms with van der Waals surface area (Å²) in [6.45, 7) is 5.23. The van der Waals surface area contributed by atoms with E-state index in [0.29, 0.717) is 6.04 Å². The molecule has 0 fully saturated rings. The van der Waals surface area contributed by atoms with Crippen molar-refractivity contribution in [3.05, 3.63) is 52.3 Å². The first-order valence-electron chi connectivity index (χ1n) is 6.72. The van der Waals surface area contributed by atoms with Gasteiger partial charge in [0.2, 0.25) is 0 Å². The summed E-state index contributed by atoms with van der Waals surface area (Å²) in [5.41, 5.74) is 3.79. The topological polar surface area (TPSA) is 29.9 Å². The standard InChI is InChI=1S/C15H18ClN3/c1-10(2)19-15(13(16)9-18-19)14-12-6-4-3-5-11(12)7-8-17-14/h3-6,9-10,14,17H,7-8H2,1-2H3. The normalized spacial score (nSPS) is 18.6. The average molecular weight is 276 g/mol. The number of halogens is 1. The van der Waals surface area contributed by atoms with E-state index in [0.717, 1.165) is 23.7 Å². The second kappa shape index (κ2) is 4.99. The van der Waals surface area contributed by atoms with Crippen LogP contribution in [0.5, 0.6) is 0 Å². The molecule has 0 spiro atoms. The Bertz CT molecular complexity index is 589. The molecular formula is C15H18ClN3. The molecule has 100 valence electrons. The van der Waals surface area contributed by atoms with E-state index in [-0.39, 0.29) is 6.04 Å². The van der Waals surface area contributed by atoms with Crippen LogP contribution in [0.15, 0.2) is 30.5 Å². The molecule has 19 heavy (non-hydrogen) atoms. The van der Waals surface area contributed by atoms with Crippen molar-refractivity contribution in [2.45, 2.75) is 32.4 Å². The molecule has 2 aromatic rings. The van der Waals surface area contributed by atoms with Crippen LogP contribution in [0.4, 0.5) is 0 Å². The Hall–Kier alpha value is -1.32. The fourth-order valence-electron chi connectivity index (χ4n) is 2.78. The minimum absolute atomic E-state index is 0.141. The first-order valence-corrected chi connectivity index (χ1v) is 7.10. The van der Waals surface area contributed by atoms with Gasteiger partial charge in [-0.1, -0.05) is 35.9 Å². The highest BCUT2D eigenvalue weighted by molar-refractivity contribution is 6.31. The molecule has 1 aromatic carbocycles. The third kappa shape index (κ3) is 2.17. The highest BCUT2D eigenvalue weighted by Gasteiger charge is 2.27. The largest absolute Gasteiger partial charge is 0.305 e. The van der Waals surface area contributed by atoms with Crippen LogP contribution in [0.1, 0.15) is 42.8 Å². The maximum Gasteiger partial charge on any atom is 0.0837 e. The summed E-state index contributed by atoms with van der Waals surface area (Å²) in [7, 11) is 0. The molecule has 1 N–H and O–H groups in total. The van der Waals surface area contributed by atoms with Gasteiger partial charge in [0.25, 0.3) is 0 Å². The number of fused-ring (bicyclic) bond motifs is 1. The number of nitrogens with zero attached hydrogens (tertiary/aromatic N) is 2. The summed E-state index contributed by atoms with van der Waals surface area (Å²) in [6, 6.07) is 9.01. The molecule has 0 aliphatic carbocycles. The predicted octanol–water partition coefficient (Wildman–Crippen LogP) is 3.35. The first-order chi connectivity index (χ1) is 9.18. The third-order valence-corrected chi connectivity index (χ3v) is 3.95. The van der Waals surface area contributed by atoms with Gasteiger partial charge in [-0.25, -0.2) is 0 Å². The van der Waals surface area contributed by atoms with Crippen molar-refractivity contribution in [3.63, 3.8) is 0 Å². The second-order valence-corrected chi connectivity index (χ2v) is 5.66. The van der Waals surface area contributed by atoms with Gasteiger partial charge in [-0.2, -0.15) is 5.10 Å². The summed E-state index contributed by atoms with van der Waals surface area (Å²) in [6.07, 6.45) is 2.82. The Morgan fingerprint density at radius 1 is 1.37 bits per heavy atom. The van der Waals surface area contributed by atoms with Crippen molar-refractivity contribution in [3.8, 4) is 0 Å². The Labute approximate surface area is 118 Å². The maximum absolute atomic E-state index is 6.37. The van der Waals surface area contributed by atoms with Gasteiger partial charge in [0.05, 0.1) is 23.0 Å². The van der Waals surface area contributed by atoms with E-state index in [4.69, 9.17) is 11.6 Å². The molecule has 0 amide bonds. The van der Waals surface area contributed by atoms with Crippen molar-refractivity contribution in [2.24, 2.45) is 0 Å². The Kier molecular flexibility index (Phi) is 3.33. The zero-order chi connectivity index (χ0) is 13.4. The molecule has 2 heterocycles. The van der Waals surface area contributed by atoms with E-state index in [2.05, 4.69) is 48.5 Å². The Morgan fingerprint density at radius 2 is 2.16 bits per heavy atom. The number of rotatable bonds is 2. The summed E-state index contributed by atoms with van der Waals surface area (Å²) in [4.78, 5) is 0. The molecule has 1 aliphatic heterocycles. The van der Waals surface area contributed by atoms with Gasteiger partial charge >= 0.3 is 0 Å². The lowest BCUT2D eigenvalue weighted by atomic mass is 9.92. The fourth-order valence-corrected chi connectivity index (χ4v) is 3.02. The van der Waals surface area contributed by atoms with Crippen molar-refractivity contribution >= 4 is 11.6 Å². The maximum atomic E-state index is 6.37. The van der Waals surface area contributed by atoms with Crippen LogP contribution in [0.2, 0.25) is 5.02 Å². The van der Waals surface area contributed by atoms with Gasteiger partial charge in [-0.3, -0.25) is 4.68 Å². The molecule has 3 rings (SSSR count).